The van der Waals surface area contributed by atoms with Crippen molar-refractivity contribution in [1.82, 2.24) is 9.99 Å². The van der Waals surface area contributed by atoms with Crippen molar-refractivity contribution in [3.05, 3.63) is 11.6 Å². The summed E-state index contributed by atoms with van der Waals surface area (Å²) in [5.41, 5.74) is 2.39. The third kappa shape index (κ3) is 8.72. The van der Waals surface area contributed by atoms with Crippen LogP contribution >= 0.6 is 8.53 Å². The van der Waals surface area contributed by atoms with Gasteiger partial charge in [0, 0.05) is 32.2 Å². The number of amides is 1. The molecule has 0 aromatic heterocycles. The number of carbonyl (C=O) groups is 1. The summed E-state index contributed by atoms with van der Waals surface area (Å²) < 4.78 is 20.0. The smallest absolute Gasteiger partial charge is 0.407 e. The molecule has 7 heteroatoms. The first-order valence-electron chi connectivity index (χ1n) is 19.2. The summed E-state index contributed by atoms with van der Waals surface area (Å²) in [4.78, 5) is 12.7. The molecule has 1 amide bonds. The monoisotopic (exact) mass is 663 g/mol. The van der Waals surface area contributed by atoms with E-state index < -0.39 is 8.53 Å². The lowest BCUT2D eigenvalue weighted by molar-refractivity contribution is -0.0581. The number of fused-ring (bicyclic) bond motifs is 5. The Kier molecular flexibility index (Phi) is 13.9. The van der Waals surface area contributed by atoms with Crippen LogP contribution in [0.4, 0.5) is 4.79 Å². The van der Waals surface area contributed by atoms with E-state index >= 15 is 0 Å². The van der Waals surface area contributed by atoms with Crippen LogP contribution in [0.25, 0.3) is 0 Å². The maximum absolute atomic E-state index is 12.7. The summed E-state index contributed by atoms with van der Waals surface area (Å²) in [7, 11) is 0.664. The van der Waals surface area contributed by atoms with Crippen molar-refractivity contribution < 1.29 is 18.6 Å². The number of nitrogens with zero attached hydrogens (tertiary/aromatic N) is 1. The number of alkyl carbamates (subject to hydrolysis) is 1. The number of allylic oxidation sites excluding steroid dienone is 1. The first-order valence-corrected chi connectivity index (χ1v) is 20.3. The summed E-state index contributed by atoms with van der Waals surface area (Å²) in [5.74, 6) is 5.10. The molecule has 4 aliphatic carbocycles. The molecule has 0 radical (unpaired) electrons. The lowest BCUT2D eigenvalue weighted by Crippen LogP contribution is -2.51. The summed E-state index contributed by atoms with van der Waals surface area (Å²) in [6, 6.07) is 0.727. The Bertz CT molecular complexity index is 994. The SMILES string of the molecule is COP(OCCCCNC(=O)O[C@H]1CC[C@@]2(C)C(=CC[C@H]3[C@@H]4CC[C@H]([C@H](C)CCCC(C)C)[C@@]4(C)CC[C@@H]32)C1)N(C(C)C)C(C)C. The molecule has 6 nitrogen and oxygen atoms in total. The quantitative estimate of drug-likeness (QED) is 0.101. The number of hydrogen-bond donors (Lipinski definition) is 1. The van der Waals surface area contributed by atoms with Crippen molar-refractivity contribution >= 4 is 14.6 Å². The minimum absolute atomic E-state index is 0.000995. The summed E-state index contributed by atoms with van der Waals surface area (Å²) in [5, 5.41) is 3.01. The van der Waals surface area contributed by atoms with E-state index in [1.165, 1.54) is 51.4 Å². The highest BCUT2D eigenvalue weighted by Gasteiger charge is 2.59. The second kappa shape index (κ2) is 16.8. The van der Waals surface area contributed by atoms with Gasteiger partial charge in [0.25, 0.3) is 8.53 Å². The van der Waals surface area contributed by atoms with E-state index in [4.69, 9.17) is 13.8 Å². The van der Waals surface area contributed by atoms with E-state index in [9.17, 15) is 4.79 Å². The van der Waals surface area contributed by atoms with Gasteiger partial charge in [-0.25, -0.2) is 9.46 Å². The fraction of sp³-hybridized carbons (Fsp3) is 0.923. The average molecular weight is 663 g/mol. The van der Waals surface area contributed by atoms with Gasteiger partial charge in [-0.05, 0) is 132 Å². The summed E-state index contributed by atoms with van der Waals surface area (Å²) >= 11 is 0. The van der Waals surface area contributed by atoms with Crippen molar-refractivity contribution in [1.29, 1.82) is 0 Å². The highest BCUT2D eigenvalue weighted by atomic mass is 31.2. The molecule has 0 aliphatic heterocycles. The van der Waals surface area contributed by atoms with Crippen LogP contribution < -0.4 is 5.32 Å². The zero-order valence-corrected chi connectivity index (χ0v) is 32.3. The van der Waals surface area contributed by atoms with E-state index in [0.29, 0.717) is 30.7 Å². The van der Waals surface area contributed by atoms with Crippen LogP contribution in [0.3, 0.4) is 0 Å². The molecule has 266 valence electrons. The molecule has 4 rings (SSSR count). The van der Waals surface area contributed by atoms with Crippen LogP contribution in [0.1, 0.15) is 146 Å². The molecule has 3 saturated carbocycles. The highest BCUT2D eigenvalue weighted by Crippen LogP contribution is 2.67. The molecular weight excluding hydrogens is 591 g/mol. The van der Waals surface area contributed by atoms with Crippen LogP contribution in [0.2, 0.25) is 0 Å². The average Bonchev–Trinajstić information content (AvgIpc) is 3.35. The molecule has 0 spiro atoms. The van der Waals surface area contributed by atoms with Crippen LogP contribution in [0.15, 0.2) is 11.6 Å². The molecule has 9 atom stereocenters. The maximum Gasteiger partial charge on any atom is 0.407 e. The van der Waals surface area contributed by atoms with E-state index in [2.05, 4.69) is 78.4 Å². The van der Waals surface area contributed by atoms with Gasteiger partial charge >= 0.3 is 6.09 Å². The second-order valence-corrected chi connectivity index (χ2v) is 18.6. The van der Waals surface area contributed by atoms with E-state index in [0.717, 1.165) is 67.6 Å². The minimum Gasteiger partial charge on any atom is -0.446 e. The standard InChI is InChI=1S/C39H71N2O4P/c1-27(2)14-13-15-30(7)34-18-19-35-33-17-16-31-26-32(20-22-38(31,8)36(33)21-23-39(34,35)9)45-37(42)40-24-11-12-25-44-46(43-10)41(28(3)4)29(5)6/h16,27-30,32-36H,11-15,17-26H2,1-10H3,(H,40,42)/t30-,32+,33+,34-,35+,36+,38+,39-,46?/m1/s1. The largest absolute Gasteiger partial charge is 0.446 e. The Hall–Kier alpha value is -0.680. The highest BCUT2D eigenvalue weighted by molar-refractivity contribution is 7.44. The van der Waals surface area contributed by atoms with E-state index in [-0.39, 0.29) is 17.6 Å². The predicted octanol–water partition coefficient (Wildman–Crippen LogP) is 10.9. The third-order valence-corrected chi connectivity index (χ3v) is 15.0. The predicted molar refractivity (Wildman–Crippen MR) is 193 cm³/mol. The van der Waals surface area contributed by atoms with Gasteiger partial charge in [-0.3, -0.25) is 0 Å². The Labute approximate surface area is 284 Å². The van der Waals surface area contributed by atoms with Gasteiger partial charge in [0.15, 0.2) is 0 Å². The molecule has 0 bridgehead atoms. The Morgan fingerprint density at radius 2 is 1.70 bits per heavy atom. The lowest BCUT2D eigenvalue weighted by atomic mass is 9.47. The molecule has 1 N–H and O–H groups in total. The fourth-order valence-corrected chi connectivity index (χ4v) is 12.2. The Morgan fingerprint density at radius 1 is 0.957 bits per heavy atom. The summed E-state index contributed by atoms with van der Waals surface area (Å²) in [6.07, 6.45) is 18.2. The van der Waals surface area contributed by atoms with Gasteiger partial charge in [-0.15, -0.1) is 0 Å². The number of rotatable bonds is 16. The van der Waals surface area contributed by atoms with Gasteiger partial charge in [0.1, 0.15) is 6.10 Å². The van der Waals surface area contributed by atoms with Crippen molar-refractivity contribution in [2.24, 2.45) is 46.3 Å². The van der Waals surface area contributed by atoms with Gasteiger partial charge < -0.3 is 19.1 Å². The van der Waals surface area contributed by atoms with Gasteiger partial charge in [0.2, 0.25) is 0 Å². The minimum atomic E-state index is -1.06. The van der Waals surface area contributed by atoms with Crippen LogP contribution in [-0.4, -0.2) is 49.2 Å². The fourth-order valence-electron chi connectivity index (χ4n) is 10.7. The molecule has 0 aromatic carbocycles. The van der Waals surface area contributed by atoms with E-state index in [1.54, 1.807) is 12.7 Å². The molecular formula is C39H71N2O4P. The molecule has 0 saturated heterocycles. The van der Waals surface area contributed by atoms with Crippen molar-refractivity contribution in [2.45, 2.75) is 164 Å². The van der Waals surface area contributed by atoms with E-state index in [1.807, 2.05) is 0 Å². The molecule has 4 aliphatic rings. The zero-order chi connectivity index (χ0) is 33.6. The maximum atomic E-state index is 12.7. The van der Waals surface area contributed by atoms with Crippen molar-refractivity contribution in [3.8, 4) is 0 Å². The number of nitrogens with one attached hydrogen (secondary N) is 1. The number of hydrogen-bond acceptors (Lipinski definition) is 5. The van der Waals surface area contributed by atoms with Gasteiger partial charge in [-0.1, -0.05) is 65.5 Å². The van der Waals surface area contributed by atoms with Gasteiger partial charge in [-0.2, -0.15) is 0 Å². The molecule has 46 heavy (non-hydrogen) atoms. The lowest BCUT2D eigenvalue weighted by Gasteiger charge is -2.58. The topological polar surface area (TPSA) is 60.0 Å². The number of carbonyl (C=O) groups excluding carboxylic acids is 1. The normalized spacial score (nSPS) is 33.9. The molecule has 3 fully saturated rings. The molecule has 1 unspecified atom stereocenters. The third-order valence-electron chi connectivity index (χ3n) is 13.0. The Balaban J connectivity index is 1.22. The van der Waals surface area contributed by atoms with Crippen molar-refractivity contribution in [2.75, 3.05) is 20.3 Å². The van der Waals surface area contributed by atoms with Crippen LogP contribution in [0, 0.1) is 46.3 Å². The summed E-state index contributed by atoms with van der Waals surface area (Å²) in [6.45, 7) is 22.5. The van der Waals surface area contributed by atoms with Crippen molar-refractivity contribution in [3.63, 3.8) is 0 Å². The van der Waals surface area contributed by atoms with Crippen LogP contribution in [-0.2, 0) is 13.8 Å². The molecule has 0 heterocycles. The van der Waals surface area contributed by atoms with Crippen LogP contribution in [0.5, 0.6) is 0 Å². The first kappa shape index (κ1) is 38.1. The number of ether oxygens (including phenoxy) is 1. The number of unbranched alkanes of at least 4 members (excludes halogenated alkanes) is 1. The first-order chi connectivity index (χ1) is 21.8. The zero-order valence-electron chi connectivity index (χ0n) is 31.4. The second-order valence-electron chi connectivity index (χ2n) is 17.0. The van der Waals surface area contributed by atoms with Gasteiger partial charge in [0.05, 0.1) is 6.61 Å². The molecule has 0 aromatic rings. The Morgan fingerprint density at radius 3 is 2.37 bits per heavy atom.